The minimum Gasteiger partial charge on any atom is -0.493 e. The van der Waals surface area contributed by atoms with Gasteiger partial charge in [-0.2, -0.15) is 0 Å². The van der Waals surface area contributed by atoms with E-state index in [0.29, 0.717) is 12.5 Å². The molecule has 1 N–H and O–H groups in total. The van der Waals surface area contributed by atoms with Crippen molar-refractivity contribution in [3.05, 3.63) is 29.8 Å². The van der Waals surface area contributed by atoms with Crippen LogP contribution < -0.4 is 4.74 Å². The molecule has 0 aromatic heterocycles. The van der Waals surface area contributed by atoms with Gasteiger partial charge in [-0.05, 0) is 37.2 Å². The zero-order chi connectivity index (χ0) is 13.9. The summed E-state index contributed by atoms with van der Waals surface area (Å²) < 4.78 is 5.66. The maximum atomic E-state index is 10.8. The van der Waals surface area contributed by atoms with Crippen molar-refractivity contribution in [2.45, 2.75) is 52.6 Å². The Labute approximate surface area is 116 Å². The molecule has 0 amide bonds. The van der Waals surface area contributed by atoms with Gasteiger partial charge in [-0.15, -0.1) is 0 Å². The third-order valence-corrected chi connectivity index (χ3v) is 4.51. The molecule has 106 valence electrons. The molecule has 2 rings (SSSR count). The summed E-state index contributed by atoms with van der Waals surface area (Å²) in [7, 11) is 0. The number of hydrogen-bond acceptors (Lipinski definition) is 2. The van der Waals surface area contributed by atoms with Gasteiger partial charge in [-0.25, -0.2) is 0 Å². The van der Waals surface area contributed by atoms with Gasteiger partial charge in [0.25, 0.3) is 0 Å². The lowest BCUT2D eigenvalue weighted by Crippen LogP contribution is -2.32. The minimum atomic E-state index is -0.418. The number of ether oxygens (including phenoxy) is 1. The SMILES string of the molecule is CCOc1ccccc1C(O)C1CCCCC1(C)C. The van der Waals surface area contributed by atoms with Crippen molar-refractivity contribution in [1.82, 2.24) is 0 Å². The number of para-hydroxylation sites is 1. The molecule has 19 heavy (non-hydrogen) atoms. The number of aliphatic hydroxyl groups excluding tert-OH is 1. The van der Waals surface area contributed by atoms with E-state index >= 15 is 0 Å². The van der Waals surface area contributed by atoms with E-state index in [2.05, 4.69) is 13.8 Å². The van der Waals surface area contributed by atoms with Crippen molar-refractivity contribution in [3.8, 4) is 5.75 Å². The van der Waals surface area contributed by atoms with Crippen LogP contribution in [0.5, 0.6) is 5.75 Å². The molecule has 1 fully saturated rings. The van der Waals surface area contributed by atoms with E-state index < -0.39 is 6.10 Å². The smallest absolute Gasteiger partial charge is 0.125 e. The van der Waals surface area contributed by atoms with Gasteiger partial charge in [0.15, 0.2) is 0 Å². The number of aliphatic hydroxyl groups is 1. The standard InChI is InChI=1S/C17H26O2/c1-4-19-15-11-6-5-9-13(15)16(18)14-10-7-8-12-17(14,2)3/h5-6,9,11,14,16,18H,4,7-8,10,12H2,1-3H3. The number of benzene rings is 1. The van der Waals surface area contributed by atoms with E-state index in [-0.39, 0.29) is 5.41 Å². The lowest BCUT2D eigenvalue weighted by Gasteiger charge is -2.41. The van der Waals surface area contributed by atoms with Crippen molar-refractivity contribution < 1.29 is 9.84 Å². The maximum Gasteiger partial charge on any atom is 0.125 e. The molecule has 1 aliphatic rings. The second kappa shape index (κ2) is 5.96. The van der Waals surface area contributed by atoms with Crippen LogP contribution in [0.25, 0.3) is 0 Å². The Kier molecular flexibility index (Phi) is 4.51. The zero-order valence-corrected chi connectivity index (χ0v) is 12.4. The summed E-state index contributed by atoms with van der Waals surface area (Å²) in [4.78, 5) is 0. The average Bonchev–Trinajstić information content (AvgIpc) is 2.38. The summed E-state index contributed by atoms with van der Waals surface area (Å²) in [6.45, 7) is 7.18. The zero-order valence-electron chi connectivity index (χ0n) is 12.4. The van der Waals surface area contributed by atoms with Crippen LogP contribution in [0.15, 0.2) is 24.3 Å². The van der Waals surface area contributed by atoms with Gasteiger partial charge in [0, 0.05) is 5.56 Å². The normalized spacial score (nSPS) is 23.9. The topological polar surface area (TPSA) is 29.5 Å². The summed E-state index contributed by atoms with van der Waals surface area (Å²) in [6.07, 6.45) is 4.39. The summed E-state index contributed by atoms with van der Waals surface area (Å²) in [5.41, 5.74) is 1.15. The summed E-state index contributed by atoms with van der Waals surface area (Å²) in [6, 6.07) is 7.91. The molecule has 0 aliphatic heterocycles. The molecular formula is C17H26O2. The monoisotopic (exact) mass is 262 g/mol. The minimum absolute atomic E-state index is 0.205. The predicted molar refractivity (Wildman–Crippen MR) is 78.3 cm³/mol. The second-order valence-electron chi connectivity index (χ2n) is 6.26. The van der Waals surface area contributed by atoms with Crippen molar-refractivity contribution in [1.29, 1.82) is 0 Å². The van der Waals surface area contributed by atoms with E-state index in [0.717, 1.165) is 17.7 Å². The second-order valence-corrected chi connectivity index (χ2v) is 6.26. The lowest BCUT2D eigenvalue weighted by atomic mass is 9.65. The molecular weight excluding hydrogens is 236 g/mol. The fourth-order valence-corrected chi connectivity index (χ4v) is 3.33. The van der Waals surface area contributed by atoms with Crippen LogP contribution in [-0.4, -0.2) is 11.7 Å². The molecule has 2 nitrogen and oxygen atoms in total. The van der Waals surface area contributed by atoms with Crippen LogP contribution in [0.3, 0.4) is 0 Å². The molecule has 2 unspecified atom stereocenters. The molecule has 2 atom stereocenters. The van der Waals surface area contributed by atoms with Crippen molar-refractivity contribution in [2.75, 3.05) is 6.61 Å². The van der Waals surface area contributed by atoms with Gasteiger partial charge in [0.1, 0.15) is 5.75 Å². The molecule has 0 saturated heterocycles. The highest BCUT2D eigenvalue weighted by atomic mass is 16.5. The molecule has 0 heterocycles. The van der Waals surface area contributed by atoms with Crippen LogP contribution in [-0.2, 0) is 0 Å². The fourth-order valence-electron chi connectivity index (χ4n) is 3.33. The van der Waals surface area contributed by atoms with Crippen LogP contribution in [0, 0.1) is 11.3 Å². The molecule has 0 bridgehead atoms. The Bertz CT molecular complexity index is 411. The Hall–Kier alpha value is -1.02. The van der Waals surface area contributed by atoms with Gasteiger partial charge in [-0.3, -0.25) is 0 Å². The molecule has 2 heteroatoms. The Morgan fingerprint density at radius 2 is 2.05 bits per heavy atom. The molecule has 1 aliphatic carbocycles. The molecule has 0 spiro atoms. The Morgan fingerprint density at radius 1 is 1.32 bits per heavy atom. The van der Waals surface area contributed by atoms with Gasteiger partial charge in [0.2, 0.25) is 0 Å². The molecule has 1 aromatic rings. The molecule has 1 aromatic carbocycles. The van der Waals surface area contributed by atoms with Crippen LogP contribution in [0.2, 0.25) is 0 Å². The first-order valence-electron chi connectivity index (χ1n) is 7.46. The van der Waals surface area contributed by atoms with Crippen molar-refractivity contribution in [3.63, 3.8) is 0 Å². The average molecular weight is 262 g/mol. The summed E-state index contributed by atoms with van der Waals surface area (Å²) in [5.74, 6) is 1.15. The summed E-state index contributed by atoms with van der Waals surface area (Å²) in [5, 5.41) is 10.8. The van der Waals surface area contributed by atoms with E-state index in [1.807, 2.05) is 31.2 Å². The van der Waals surface area contributed by atoms with Crippen LogP contribution in [0.4, 0.5) is 0 Å². The highest BCUT2D eigenvalue weighted by molar-refractivity contribution is 5.35. The highest BCUT2D eigenvalue weighted by Crippen LogP contribution is 2.48. The van der Waals surface area contributed by atoms with E-state index in [1.54, 1.807) is 0 Å². The van der Waals surface area contributed by atoms with Gasteiger partial charge >= 0.3 is 0 Å². The lowest BCUT2D eigenvalue weighted by molar-refractivity contribution is 0.00247. The predicted octanol–water partition coefficient (Wildman–Crippen LogP) is 4.34. The van der Waals surface area contributed by atoms with E-state index in [1.165, 1.54) is 19.3 Å². The number of hydrogen-bond donors (Lipinski definition) is 1. The third kappa shape index (κ3) is 3.11. The first-order chi connectivity index (χ1) is 9.06. The van der Waals surface area contributed by atoms with Gasteiger partial charge < -0.3 is 9.84 Å². The largest absolute Gasteiger partial charge is 0.493 e. The highest BCUT2D eigenvalue weighted by Gasteiger charge is 2.38. The Balaban J connectivity index is 2.25. The van der Waals surface area contributed by atoms with Gasteiger partial charge in [-0.1, -0.05) is 44.9 Å². The van der Waals surface area contributed by atoms with E-state index in [4.69, 9.17) is 4.74 Å². The third-order valence-electron chi connectivity index (χ3n) is 4.51. The van der Waals surface area contributed by atoms with E-state index in [9.17, 15) is 5.11 Å². The van der Waals surface area contributed by atoms with Gasteiger partial charge in [0.05, 0.1) is 12.7 Å². The van der Waals surface area contributed by atoms with Crippen LogP contribution in [0.1, 0.15) is 58.1 Å². The quantitative estimate of drug-likeness (QED) is 0.875. The Morgan fingerprint density at radius 3 is 2.74 bits per heavy atom. The first kappa shape index (κ1) is 14.4. The van der Waals surface area contributed by atoms with Crippen LogP contribution >= 0.6 is 0 Å². The fraction of sp³-hybridized carbons (Fsp3) is 0.647. The number of rotatable bonds is 4. The molecule has 0 radical (unpaired) electrons. The maximum absolute atomic E-state index is 10.8. The van der Waals surface area contributed by atoms with Crippen molar-refractivity contribution in [2.24, 2.45) is 11.3 Å². The first-order valence-corrected chi connectivity index (χ1v) is 7.46. The summed E-state index contributed by atoms with van der Waals surface area (Å²) >= 11 is 0. The van der Waals surface area contributed by atoms with Crippen molar-refractivity contribution >= 4 is 0 Å². The molecule has 1 saturated carbocycles.